The van der Waals surface area contributed by atoms with Crippen LogP contribution in [-0.2, 0) is 4.79 Å². The van der Waals surface area contributed by atoms with Gasteiger partial charge in [0.2, 0.25) is 0 Å². The first kappa shape index (κ1) is 19.1. The molecule has 0 saturated carbocycles. The molecule has 136 valence electrons. The predicted octanol–water partition coefficient (Wildman–Crippen LogP) is 3.58. The molecule has 1 aliphatic heterocycles. The Bertz CT molecular complexity index is 989. The molecule has 2 aromatic rings. The quantitative estimate of drug-likeness (QED) is 0.583. The Morgan fingerprint density at radius 2 is 1.81 bits per heavy atom. The van der Waals surface area contributed by atoms with Crippen molar-refractivity contribution in [3.8, 4) is 0 Å². The second-order valence-electron chi connectivity index (χ2n) is 5.36. The van der Waals surface area contributed by atoms with E-state index in [0.29, 0.717) is 16.1 Å². The molecule has 9 heteroatoms. The van der Waals surface area contributed by atoms with E-state index in [-0.39, 0.29) is 14.8 Å². The Kier molecular flexibility index (Phi) is 5.59. The number of carbonyl (C=O) groups excluding carboxylic acids is 2. The molecule has 1 fully saturated rings. The van der Waals surface area contributed by atoms with Crippen LogP contribution in [0, 0.1) is 0 Å². The summed E-state index contributed by atoms with van der Waals surface area (Å²) in [6, 6.07) is 12.5. The number of benzene rings is 2. The molecule has 0 atom stereocenters. The number of aromatic carboxylic acids is 1. The number of rotatable bonds is 4. The molecule has 0 aliphatic carbocycles. The highest BCUT2D eigenvalue weighted by Gasteiger charge is 2.34. The van der Waals surface area contributed by atoms with Crippen LogP contribution in [-0.4, -0.2) is 32.2 Å². The number of carbonyl (C=O) groups is 3. The van der Waals surface area contributed by atoms with Crippen molar-refractivity contribution in [2.75, 3.05) is 0 Å². The van der Waals surface area contributed by atoms with E-state index < -0.39 is 17.8 Å². The summed E-state index contributed by atoms with van der Waals surface area (Å²) in [7, 11) is 0. The molecular formula is C18H11ClN2O4S2. The summed E-state index contributed by atoms with van der Waals surface area (Å²) in [5.74, 6) is -2.16. The van der Waals surface area contributed by atoms with Crippen molar-refractivity contribution in [3.63, 3.8) is 0 Å². The summed E-state index contributed by atoms with van der Waals surface area (Å²) in [4.78, 5) is 36.4. The second kappa shape index (κ2) is 7.91. The van der Waals surface area contributed by atoms with Crippen LogP contribution >= 0.6 is 35.6 Å². The van der Waals surface area contributed by atoms with Gasteiger partial charge < -0.3 is 5.11 Å². The van der Waals surface area contributed by atoms with Crippen LogP contribution in [0.5, 0.6) is 0 Å². The Balaban J connectivity index is 1.82. The average Bonchev–Trinajstić information content (AvgIpc) is 2.90. The van der Waals surface area contributed by atoms with Gasteiger partial charge in [-0.3, -0.25) is 15.0 Å². The van der Waals surface area contributed by atoms with Gasteiger partial charge in [-0.2, -0.15) is 5.01 Å². The van der Waals surface area contributed by atoms with Crippen LogP contribution in [0.3, 0.4) is 0 Å². The Hall–Kier alpha value is -2.68. The van der Waals surface area contributed by atoms with E-state index in [2.05, 4.69) is 5.43 Å². The molecular weight excluding hydrogens is 408 g/mol. The number of hydrogen-bond acceptors (Lipinski definition) is 5. The number of carboxylic acids is 1. The number of thiocarbonyl (C=S) groups is 1. The van der Waals surface area contributed by atoms with Gasteiger partial charge in [-0.1, -0.05) is 41.6 Å². The van der Waals surface area contributed by atoms with Gasteiger partial charge in [0.15, 0.2) is 4.32 Å². The molecule has 6 nitrogen and oxygen atoms in total. The number of halogens is 1. The van der Waals surface area contributed by atoms with E-state index in [0.717, 1.165) is 16.8 Å². The minimum atomic E-state index is -1.10. The molecule has 1 aliphatic rings. The third-order valence-electron chi connectivity index (χ3n) is 3.59. The van der Waals surface area contributed by atoms with Crippen molar-refractivity contribution in [1.29, 1.82) is 0 Å². The van der Waals surface area contributed by atoms with Crippen molar-refractivity contribution >= 4 is 63.8 Å². The fourth-order valence-corrected chi connectivity index (χ4v) is 3.59. The second-order valence-corrected chi connectivity index (χ2v) is 7.47. The van der Waals surface area contributed by atoms with Crippen molar-refractivity contribution in [3.05, 3.63) is 75.1 Å². The number of nitrogens with one attached hydrogen (secondary N) is 1. The summed E-state index contributed by atoms with van der Waals surface area (Å²) < 4.78 is 0.140. The molecule has 2 N–H and O–H groups in total. The van der Waals surface area contributed by atoms with Gasteiger partial charge in [0, 0.05) is 10.6 Å². The van der Waals surface area contributed by atoms with E-state index in [4.69, 9.17) is 23.8 Å². The lowest BCUT2D eigenvalue weighted by molar-refractivity contribution is -0.123. The first-order chi connectivity index (χ1) is 12.9. The van der Waals surface area contributed by atoms with Gasteiger partial charge in [-0.15, -0.1) is 0 Å². The van der Waals surface area contributed by atoms with Crippen LogP contribution in [0.2, 0.25) is 5.02 Å². The zero-order chi connectivity index (χ0) is 19.6. The van der Waals surface area contributed by atoms with E-state index in [1.54, 1.807) is 30.3 Å². The molecule has 1 saturated heterocycles. The molecule has 3 rings (SSSR count). The monoisotopic (exact) mass is 418 g/mol. The van der Waals surface area contributed by atoms with Crippen LogP contribution < -0.4 is 5.43 Å². The number of thioether (sulfide) groups is 1. The molecule has 0 radical (unpaired) electrons. The number of nitrogens with zero attached hydrogens (tertiary/aromatic N) is 1. The minimum Gasteiger partial charge on any atom is -0.478 e. The van der Waals surface area contributed by atoms with Crippen LogP contribution in [0.15, 0.2) is 53.4 Å². The Morgan fingerprint density at radius 1 is 1.15 bits per heavy atom. The van der Waals surface area contributed by atoms with Gasteiger partial charge in [0.05, 0.1) is 10.5 Å². The molecule has 2 amide bonds. The highest BCUT2D eigenvalue weighted by Crippen LogP contribution is 2.32. The SMILES string of the molecule is O=C(NN1C(=O)/C(=C\c2ccccc2C(=O)O)SC1=S)c1ccc(Cl)cc1. The lowest BCUT2D eigenvalue weighted by Gasteiger charge is -2.15. The predicted molar refractivity (Wildman–Crippen MR) is 107 cm³/mol. The first-order valence-electron chi connectivity index (χ1n) is 7.53. The zero-order valence-corrected chi connectivity index (χ0v) is 15.9. The third-order valence-corrected chi connectivity index (χ3v) is 5.15. The van der Waals surface area contributed by atoms with Crippen molar-refractivity contribution < 1.29 is 19.5 Å². The van der Waals surface area contributed by atoms with Crippen molar-refractivity contribution in [1.82, 2.24) is 10.4 Å². The van der Waals surface area contributed by atoms with Crippen LogP contribution in [0.25, 0.3) is 6.08 Å². The molecule has 27 heavy (non-hydrogen) atoms. The number of hydrogen-bond donors (Lipinski definition) is 2. The fraction of sp³-hybridized carbons (Fsp3) is 0. The maximum atomic E-state index is 12.6. The van der Waals surface area contributed by atoms with Gasteiger partial charge in [0.25, 0.3) is 11.8 Å². The molecule has 0 spiro atoms. The summed E-state index contributed by atoms with van der Waals surface area (Å²) in [6.07, 6.45) is 1.44. The standard InChI is InChI=1S/C18H11ClN2O4S2/c19-12-7-5-10(6-8-12)15(22)20-21-16(23)14(27-18(21)26)9-11-3-1-2-4-13(11)17(24)25/h1-9H,(H,20,22)(H,24,25)/b14-9+. The van der Waals surface area contributed by atoms with Gasteiger partial charge in [0.1, 0.15) is 0 Å². The summed E-state index contributed by atoms with van der Waals surface area (Å²) in [5, 5.41) is 10.7. The van der Waals surface area contributed by atoms with Gasteiger partial charge >= 0.3 is 5.97 Å². The fourth-order valence-electron chi connectivity index (χ4n) is 2.29. The van der Waals surface area contributed by atoms with Gasteiger partial charge in [-0.25, -0.2) is 4.79 Å². The number of amides is 2. The smallest absolute Gasteiger partial charge is 0.336 e. The summed E-state index contributed by atoms with van der Waals surface area (Å²) in [5.41, 5.74) is 3.20. The van der Waals surface area contributed by atoms with Crippen LogP contribution in [0.4, 0.5) is 0 Å². The Labute approximate surface area is 168 Å². The molecule has 0 unspecified atom stereocenters. The highest BCUT2D eigenvalue weighted by atomic mass is 35.5. The van der Waals surface area contributed by atoms with E-state index >= 15 is 0 Å². The Morgan fingerprint density at radius 3 is 2.48 bits per heavy atom. The van der Waals surface area contributed by atoms with Crippen molar-refractivity contribution in [2.24, 2.45) is 0 Å². The minimum absolute atomic E-state index is 0.0629. The highest BCUT2D eigenvalue weighted by molar-refractivity contribution is 8.26. The molecule has 1 heterocycles. The molecule has 0 bridgehead atoms. The largest absolute Gasteiger partial charge is 0.478 e. The lowest BCUT2D eigenvalue weighted by Crippen LogP contribution is -2.44. The maximum absolute atomic E-state index is 12.6. The van der Waals surface area contributed by atoms with Gasteiger partial charge in [-0.05, 0) is 54.2 Å². The summed E-state index contributed by atoms with van der Waals surface area (Å²) in [6.45, 7) is 0. The van der Waals surface area contributed by atoms with E-state index in [1.165, 1.54) is 24.3 Å². The maximum Gasteiger partial charge on any atom is 0.336 e. The molecule has 2 aromatic carbocycles. The average molecular weight is 419 g/mol. The summed E-state index contributed by atoms with van der Waals surface area (Å²) >= 11 is 11.9. The zero-order valence-electron chi connectivity index (χ0n) is 13.5. The van der Waals surface area contributed by atoms with E-state index in [1.807, 2.05) is 0 Å². The molecule has 0 aromatic heterocycles. The number of hydrazine groups is 1. The van der Waals surface area contributed by atoms with Crippen LogP contribution in [0.1, 0.15) is 26.3 Å². The lowest BCUT2D eigenvalue weighted by atomic mass is 10.1. The number of carboxylic acid groups (broad SMARTS) is 1. The topological polar surface area (TPSA) is 86.7 Å². The first-order valence-corrected chi connectivity index (χ1v) is 9.14. The van der Waals surface area contributed by atoms with E-state index in [9.17, 15) is 19.5 Å². The third kappa shape index (κ3) is 4.19. The normalized spacial score (nSPS) is 15.3. The van der Waals surface area contributed by atoms with Crippen molar-refractivity contribution in [2.45, 2.75) is 0 Å².